The standard InChI is InChI=1S/C50H38BN2/c1-32-26-41(40-29-38(34-16-8-5-9-17-34)24-25-45(40)52-39-21-12-20-35(28-39)33-14-6-4-7-15-33)48-47(27-32)53-46-31-37-19-11-10-18-36(37)30-43(46)50(2,3)42-22-13-23-44(51-48)49(42)53/h4-31,52H,1-3H3. The number of nitrogens with one attached hydrogen (secondary N) is 1. The number of anilines is 5. The summed E-state index contributed by atoms with van der Waals surface area (Å²) < 4.78 is 0. The topological polar surface area (TPSA) is 15.3 Å². The first-order valence-electron chi connectivity index (χ1n) is 18.5. The van der Waals surface area contributed by atoms with E-state index in [1.165, 1.54) is 88.8 Å². The molecule has 0 unspecified atom stereocenters. The van der Waals surface area contributed by atoms with Gasteiger partial charge in [-0.25, -0.2) is 0 Å². The lowest BCUT2D eigenvalue weighted by molar-refractivity contribution is 0.633. The summed E-state index contributed by atoms with van der Waals surface area (Å²) in [7, 11) is 2.43. The average Bonchev–Trinajstić information content (AvgIpc) is 3.19. The predicted octanol–water partition coefficient (Wildman–Crippen LogP) is 12.0. The molecule has 0 atom stereocenters. The van der Waals surface area contributed by atoms with Crippen LogP contribution in [0.15, 0.2) is 170 Å². The molecule has 8 aromatic rings. The summed E-state index contributed by atoms with van der Waals surface area (Å²) in [5.74, 6) is 0. The lowest BCUT2D eigenvalue weighted by atomic mass is 9.55. The molecule has 1 N–H and O–H groups in total. The smallest absolute Gasteiger partial charge is 0.197 e. The number of rotatable bonds is 5. The van der Waals surface area contributed by atoms with Gasteiger partial charge in [0.1, 0.15) is 0 Å². The Morgan fingerprint density at radius 3 is 1.92 bits per heavy atom. The summed E-state index contributed by atoms with van der Waals surface area (Å²) in [6.45, 7) is 6.99. The molecule has 0 aliphatic carbocycles. The minimum Gasteiger partial charge on any atom is -0.355 e. The van der Waals surface area contributed by atoms with Crippen LogP contribution in [0.1, 0.15) is 30.5 Å². The number of hydrogen-bond acceptors (Lipinski definition) is 2. The molecule has 2 aliphatic heterocycles. The van der Waals surface area contributed by atoms with Crippen molar-refractivity contribution in [3.8, 4) is 33.4 Å². The van der Waals surface area contributed by atoms with Crippen LogP contribution in [0, 0.1) is 6.92 Å². The molecule has 251 valence electrons. The van der Waals surface area contributed by atoms with Gasteiger partial charge in [-0.05, 0) is 110 Å². The van der Waals surface area contributed by atoms with Crippen LogP contribution in [-0.4, -0.2) is 7.28 Å². The molecule has 0 spiro atoms. The first-order valence-corrected chi connectivity index (χ1v) is 18.5. The van der Waals surface area contributed by atoms with Crippen LogP contribution in [-0.2, 0) is 5.41 Å². The Bertz CT molecular complexity index is 2710. The molecular formula is C50H38BN2. The zero-order valence-corrected chi connectivity index (χ0v) is 30.2. The Balaban J connectivity index is 1.19. The number of fused-ring (bicyclic) bond motifs is 5. The highest BCUT2D eigenvalue weighted by Crippen LogP contribution is 2.53. The molecule has 1 radical (unpaired) electrons. The second-order valence-corrected chi connectivity index (χ2v) is 15.0. The van der Waals surface area contributed by atoms with Gasteiger partial charge in [0, 0.05) is 33.7 Å². The minimum absolute atomic E-state index is 0.158. The molecule has 0 saturated heterocycles. The number of para-hydroxylation sites is 1. The summed E-state index contributed by atoms with van der Waals surface area (Å²) in [5.41, 5.74) is 19.3. The van der Waals surface area contributed by atoms with Crippen molar-refractivity contribution in [3.63, 3.8) is 0 Å². The molecule has 2 nitrogen and oxygen atoms in total. The molecule has 2 aliphatic rings. The van der Waals surface area contributed by atoms with E-state index in [1.807, 2.05) is 0 Å². The van der Waals surface area contributed by atoms with Gasteiger partial charge in [0.15, 0.2) is 7.28 Å². The van der Waals surface area contributed by atoms with Gasteiger partial charge in [-0.15, -0.1) is 0 Å². The summed E-state index contributed by atoms with van der Waals surface area (Å²) in [6.07, 6.45) is 0. The van der Waals surface area contributed by atoms with E-state index in [0.717, 1.165) is 11.4 Å². The number of hydrogen-bond donors (Lipinski definition) is 1. The summed E-state index contributed by atoms with van der Waals surface area (Å²) in [5, 5.41) is 6.40. The molecule has 0 bridgehead atoms. The molecule has 0 saturated carbocycles. The second kappa shape index (κ2) is 12.1. The Hall–Kier alpha value is -6.32. The van der Waals surface area contributed by atoms with E-state index in [-0.39, 0.29) is 5.41 Å². The Kier molecular flexibility index (Phi) is 7.20. The summed E-state index contributed by atoms with van der Waals surface area (Å²) in [4.78, 5) is 2.56. The quantitative estimate of drug-likeness (QED) is 0.182. The molecule has 0 amide bonds. The van der Waals surface area contributed by atoms with Gasteiger partial charge in [-0.2, -0.15) is 0 Å². The molecule has 0 fully saturated rings. The third kappa shape index (κ3) is 5.18. The van der Waals surface area contributed by atoms with Crippen LogP contribution < -0.4 is 21.1 Å². The van der Waals surface area contributed by atoms with Crippen LogP contribution >= 0.6 is 0 Å². The summed E-state index contributed by atoms with van der Waals surface area (Å²) >= 11 is 0. The van der Waals surface area contributed by atoms with Crippen molar-refractivity contribution in [2.75, 3.05) is 10.2 Å². The fraction of sp³-hybridized carbons (Fsp3) is 0.0800. The average molecular weight is 678 g/mol. The van der Waals surface area contributed by atoms with Crippen LogP contribution in [0.2, 0.25) is 0 Å². The van der Waals surface area contributed by atoms with Crippen molar-refractivity contribution >= 4 is 57.4 Å². The lowest BCUT2D eigenvalue weighted by Crippen LogP contribution is -2.45. The maximum atomic E-state index is 3.87. The molecule has 3 heteroatoms. The van der Waals surface area contributed by atoms with Gasteiger partial charge in [0.05, 0.1) is 5.69 Å². The number of benzene rings is 8. The van der Waals surface area contributed by atoms with E-state index < -0.39 is 0 Å². The van der Waals surface area contributed by atoms with Crippen LogP contribution in [0.5, 0.6) is 0 Å². The molecule has 10 rings (SSSR count). The van der Waals surface area contributed by atoms with Gasteiger partial charge in [0.25, 0.3) is 0 Å². The number of nitrogens with zero attached hydrogens (tertiary/aromatic N) is 1. The van der Waals surface area contributed by atoms with E-state index in [9.17, 15) is 0 Å². The van der Waals surface area contributed by atoms with Gasteiger partial charge in [-0.3, -0.25) is 0 Å². The zero-order chi connectivity index (χ0) is 35.7. The van der Waals surface area contributed by atoms with Gasteiger partial charge < -0.3 is 10.2 Å². The van der Waals surface area contributed by atoms with Crippen molar-refractivity contribution in [1.82, 2.24) is 0 Å². The monoisotopic (exact) mass is 677 g/mol. The van der Waals surface area contributed by atoms with Crippen LogP contribution in [0.25, 0.3) is 44.2 Å². The van der Waals surface area contributed by atoms with Gasteiger partial charge in [0.2, 0.25) is 0 Å². The minimum atomic E-state index is -0.158. The fourth-order valence-corrected chi connectivity index (χ4v) is 8.60. The fourth-order valence-electron chi connectivity index (χ4n) is 8.60. The van der Waals surface area contributed by atoms with Crippen molar-refractivity contribution in [1.29, 1.82) is 0 Å². The van der Waals surface area contributed by atoms with Crippen LogP contribution in [0.4, 0.5) is 28.4 Å². The Labute approximate surface area is 312 Å². The summed E-state index contributed by atoms with van der Waals surface area (Å²) in [6, 6.07) is 62.1. The number of aryl methyl sites for hydroxylation is 1. The highest BCUT2D eigenvalue weighted by Gasteiger charge is 2.41. The SMILES string of the molecule is Cc1cc(-c2cc(-c3ccccc3)ccc2Nc2cccc(-c3ccccc3)c2)c2c(c1)N1c3cc4ccccc4cc3C(C)(C)c3cccc(c31)[B]2. The molecule has 53 heavy (non-hydrogen) atoms. The predicted molar refractivity (Wildman–Crippen MR) is 227 cm³/mol. The molecule has 8 aromatic carbocycles. The van der Waals surface area contributed by atoms with E-state index in [4.69, 9.17) is 0 Å². The van der Waals surface area contributed by atoms with Crippen molar-refractivity contribution < 1.29 is 0 Å². The maximum absolute atomic E-state index is 3.87. The third-order valence-electron chi connectivity index (χ3n) is 11.3. The van der Waals surface area contributed by atoms with E-state index >= 15 is 0 Å². The van der Waals surface area contributed by atoms with E-state index in [2.05, 4.69) is 208 Å². The van der Waals surface area contributed by atoms with Crippen molar-refractivity contribution in [2.45, 2.75) is 26.2 Å². The normalized spacial score (nSPS) is 13.5. The first-order chi connectivity index (χ1) is 25.9. The molecule has 0 aromatic heterocycles. The highest BCUT2D eigenvalue weighted by molar-refractivity contribution is 6.73. The zero-order valence-electron chi connectivity index (χ0n) is 30.2. The Morgan fingerprint density at radius 1 is 0.509 bits per heavy atom. The molecular weight excluding hydrogens is 639 g/mol. The van der Waals surface area contributed by atoms with Crippen molar-refractivity contribution in [2.24, 2.45) is 0 Å². The maximum Gasteiger partial charge on any atom is 0.197 e. The molecule has 2 heterocycles. The van der Waals surface area contributed by atoms with Crippen molar-refractivity contribution in [3.05, 3.63) is 187 Å². The highest BCUT2D eigenvalue weighted by atomic mass is 15.2. The first kappa shape index (κ1) is 31.4. The van der Waals surface area contributed by atoms with Crippen LogP contribution in [0.3, 0.4) is 0 Å². The second-order valence-electron chi connectivity index (χ2n) is 15.0. The third-order valence-corrected chi connectivity index (χ3v) is 11.3. The Morgan fingerprint density at radius 2 is 1.17 bits per heavy atom. The lowest BCUT2D eigenvalue weighted by Gasteiger charge is -2.46. The van der Waals surface area contributed by atoms with E-state index in [1.54, 1.807) is 0 Å². The van der Waals surface area contributed by atoms with Gasteiger partial charge >= 0.3 is 0 Å². The van der Waals surface area contributed by atoms with E-state index in [0.29, 0.717) is 0 Å². The largest absolute Gasteiger partial charge is 0.355 e. The van der Waals surface area contributed by atoms with Gasteiger partial charge in [-0.1, -0.05) is 147 Å².